The Hall–Kier alpha value is -1.56. The number of aryl methyl sites for hydroxylation is 2. The molecule has 0 spiro atoms. The van der Waals surface area contributed by atoms with E-state index in [0.29, 0.717) is 0 Å². The van der Waals surface area contributed by atoms with Crippen molar-refractivity contribution in [3.05, 3.63) is 71.8 Å². The summed E-state index contributed by atoms with van der Waals surface area (Å²) < 4.78 is 16.1. The van der Waals surface area contributed by atoms with Gasteiger partial charge in [-0.15, -0.1) is 0 Å². The lowest BCUT2D eigenvalue weighted by Crippen LogP contribution is -1.89. The van der Waals surface area contributed by atoms with Crippen molar-refractivity contribution in [2.45, 2.75) is 12.8 Å². The molecule has 0 aromatic heterocycles. The zero-order valence-electron chi connectivity index (χ0n) is 9.93. The lowest BCUT2D eigenvalue weighted by molar-refractivity contribution is 0.960. The molecule has 2 atom stereocenters. The summed E-state index contributed by atoms with van der Waals surface area (Å²) in [7, 11) is 0. The standard InChI is InChI=1S/C14H14/c1-3-7-13(8-4-1)11-12-14-9-5-2-6-10-14/h1-10H,11-12H2/i11D,12D. The van der Waals surface area contributed by atoms with E-state index in [1.54, 1.807) is 0 Å². The fourth-order valence-electron chi connectivity index (χ4n) is 1.32. The van der Waals surface area contributed by atoms with Crippen molar-refractivity contribution in [1.29, 1.82) is 0 Å². The van der Waals surface area contributed by atoms with Crippen molar-refractivity contribution >= 4 is 0 Å². The van der Waals surface area contributed by atoms with Crippen LogP contribution in [0.2, 0.25) is 0 Å². The Kier molecular flexibility index (Phi) is 2.25. The van der Waals surface area contributed by atoms with E-state index in [4.69, 9.17) is 2.74 Å². The molecule has 0 saturated heterocycles. The van der Waals surface area contributed by atoms with Gasteiger partial charge in [0.05, 0.1) is 0 Å². The lowest BCUT2D eigenvalue weighted by atomic mass is 10.0. The topological polar surface area (TPSA) is 0 Å². The molecule has 0 aliphatic rings. The van der Waals surface area contributed by atoms with E-state index in [9.17, 15) is 0 Å². The minimum absolute atomic E-state index is 0.524. The normalized spacial score (nSPS) is 16.6. The third kappa shape index (κ3) is 2.46. The first kappa shape index (κ1) is 6.83. The van der Waals surface area contributed by atoms with E-state index in [2.05, 4.69) is 0 Å². The molecule has 2 rings (SSSR count). The van der Waals surface area contributed by atoms with E-state index in [1.807, 2.05) is 60.7 Å². The van der Waals surface area contributed by atoms with Crippen LogP contribution in [0.25, 0.3) is 0 Å². The van der Waals surface area contributed by atoms with Gasteiger partial charge in [-0.25, -0.2) is 0 Å². The third-order valence-corrected chi connectivity index (χ3v) is 2.07. The predicted octanol–water partition coefficient (Wildman–Crippen LogP) is 3.47. The molecule has 0 aliphatic heterocycles. The fourth-order valence-corrected chi connectivity index (χ4v) is 1.32. The van der Waals surface area contributed by atoms with Crippen LogP contribution < -0.4 is 0 Å². The Bertz CT molecular complexity index is 382. The van der Waals surface area contributed by atoms with Crippen LogP contribution in [0, 0.1) is 0 Å². The van der Waals surface area contributed by atoms with E-state index in [0.717, 1.165) is 11.1 Å². The maximum absolute atomic E-state index is 8.07. The van der Waals surface area contributed by atoms with Crippen LogP contribution >= 0.6 is 0 Å². The molecule has 0 heterocycles. The SMILES string of the molecule is [2H]C(c1ccccc1)C([2H])c1ccccc1. The Morgan fingerprint density at radius 3 is 1.36 bits per heavy atom. The molecular formula is C14H14. The van der Waals surface area contributed by atoms with Gasteiger partial charge in [-0.1, -0.05) is 60.7 Å². The van der Waals surface area contributed by atoms with Crippen molar-refractivity contribution in [2.24, 2.45) is 0 Å². The van der Waals surface area contributed by atoms with Gasteiger partial charge in [0, 0.05) is 2.74 Å². The Morgan fingerprint density at radius 2 is 1.00 bits per heavy atom. The molecule has 0 nitrogen and oxygen atoms in total. The average molecular weight is 184 g/mol. The van der Waals surface area contributed by atoms with Crippen LogP contribution in [0.1, 0.15) is 13.9 Å². The Morgan fingerprint density at radius 1 is 0.643 bits per heavy atom. The van der Waals surface area contributed by atoms with Gasteiger partial charge in [0.1, 0.15) is 0 Å². The summed E-state index contributed by atoms with van der Waals surface area (Å²) in [6.45, 7) is 0. The van der Waals surface area contributed by atoms with E-state index < -0.39 is 12.8 Å². The van der Waals surface area contributed by atoms with Crippen LogP contribution in [-0.4, -0.2) is 0 Å². The van der Waals surface area contributed by atoms with Gasteiger partial charge in [0.15, 0.2) is 0 Å². The molecule has 14 heavy (non-hydrogen) atoms. The highest BCUT2D eigenvalue weighted by molar-refractivity contribution is 5.19. The molecule has 0 saturated carbocycles. The Labute approximate surface area is 88.0 Å². The lowest BCUT2D eigenvalue weighted by Gasteiger charge is -2.01. The van der Waals surface area contributed by atoms with Gasteiger partial charge in [-0.2, -0.15) is 0 Å². The maximum atomic E-state index is 8.07. The number of benzene rings is 2. The van der Waals surface area contributed by atoms with Crippen molar-refractivity contribution in [1.82, 2.24) is 0 Å². The van der Waals surface area contributed by atoms with Crippen molar-refractivity contribution in [2.75, 3.05) is 0 Å². The first-order valence-corrected chi connectivity index (χ1v) is 4.73. The van der Waals surface area contributed by atoms with Crippen molar-refractivity contribution < 1.29 is 2.74 Å². The molecule has 0 N–H and O–H groups in total. The van der Waals surface area contributed by atoms with E-state index >= 15 is 0 Å². The first-order chi connectivity index (χ1) is 7.79. The predicted molar refractivity (Wildman–Crippen MR) is 60.3 cm³/mol. The summed E-state index contributed by atoms with van der Waals surface area (Å²) in [5, 5.41) is 0. The summed E-state index contributed by atoms with van der Waals surface area (Å²) in [5.74, 6) is 0. The average Bonchev–Trinajstić information content (AvgIpc) is 2.39. The van der Waals surface area contributed by atoms with Crippen LogP contribution in [0.5, 0.6) is 0 Å². The maximum Gasteiger partial charge on any atom is 0.0319 e. The highest BCUT2D eigenvalue weighted by atomic mass is 14.0. The first-order valence-electron chi connectivity index (χ1n) is 5.89. The second-order valence-corrected chi connectivity index (χ2v) is 3.15. The summed E-state index contributed by atoms with van der Waals surface area (Å²) in [4.78, 5) is 0. The molecule has 2 unspecified atom stereocenters. The van der Waals surface area contributed by atoms with E-state index in [-0.39, 0.29) is 0 Å². The minimum atomic E-state index is -0.524. The largest absolute Gasteiger partial charge is 0.0622 e. The zero-order chi connectivity index (χ0) is 11.4. The summed E-state index contributed by atoms with van der Waals surface area (Å²) in [6, 6.07) is 19.1. The molecule has 70 valence electrons. The molecule has 2 aromatic carbocycles. The summed E-state index contributed by atoms with van der Waals surface area (Å²) >= 11 is 0. The molecule has 0 amide bonds. The van der Waals surface area contributed by atoms with Gasteiger partial charge < -0.3 is 0 Å². The molecule has 2 aromatic rings. The molecule has 0 fully saturated rings. The second-order valence-electron chi connectivity index (χ2n) is 3.15. The van der Waals surface area contributed by atoms with Gasteiger partial charge in [0.25, 0.3) is 0 Å². The van der Waals surface area contributed by atoms with Crippen molar-refractivity contribution in [3.8, 4) is 0 Å². The van der Waals surface area contributed by atoms with Crippen LogP contribution in [0.3, 0.4) is 0 Å². The number of hydrogen-bond donors (Lipinski definition) is 0. The van der Waals surface area contributed by atoms with E-state index in [1.165, 1.54) is 0 Å². The molecular weight excluding hydrogens is 168 g/mol. The second kappa shape index (κ2) is 4.61. The van der Waals surface area contributed by atoms with Gasteiger partial charge in [0.2, 0.25) is 0 Å². The minimum Gasteiger partial charge on any atom is -0.0622 e. The third-order valence-electron chi connectivity index (χ3n) is 2.07. The van der Waals surface area contributed by atoms with Gasteiger partial charge in [-0.05, 0) is 23.9 Å². The quantitative estimate of drug-likeness (QED) is 0.685. The monoisotopic (exact) mass is 184 g/mol. The van der Waals surface area contributed by atoms with Crippen LogP contribution in [0.4, 0.5) is 0 Å². The zero-order valence-corrected chi connectivity index (χ0v) is 7.93. The molecule has 0 radical (unpaired) electrons. The molecule has 0 bridgehead atoms. The smallest absolute Gasteiger partial charge is 0.0319 e. The fraction of sp³-hybridized carbons (Fsp3) is 0.143. The van der Waals surface area contributed by atoms with Crippen molar-refractivity contribution in [3.63, 3.8) is 0 Å². The van der Waals surface area contributed by atoms with Gasteiger partial charge >= 0.3 is 0 Å². The highest BCUT2D eigenvalue weighted by Gasteiger charge is 1.93. The Balaban J connectivity index is 2.20. The molecule has 0 aliphatic carbocycles. The summed E-state index contributed by atoms with van der Waals surface area (Å²) in [6.07, 6.45) is -1.05. The number of rotatable bonds is 3. The van der Waals surface area contributed by atoms with Gasteiger partial charge in [-0.3, -0.25) is 0 Å². The van der Waals surface area contributed by atoms with Crippen LogP contribution in [-0.2, 0) is 12.8 Å². The highest BCUT2D eigenvalue weighted by Crippen LogP contribution is 2.06. The summed E-state index contributed by atoms with van der Waals surface area (Å²) in [5.41, 5.74) is 1.79. The van der Waals surface area contributed by atoms with Crippen LogP contribution in [0.15, 0.2) is 60.7 Å². The molecule has 0 heteroatoms. The number of hydrogen-bond acceptors (Lipinski definition) is 0.